The zero-order chi connectivity index (χ0) is 18.2. The standard InChI is InChI=1S/C15H14N4O6/c20-15-2-1-7-16(15)11-5-8-19(25,9-6-11)14-4-3-12(17(21)22)10-13(14)18(23)24/h3-6,8,10H,1-2,7,9H2. The minimum atomic E-state index is -1.15. The lowest BCUT2D eigenvalue weighted by Gasteiger charge is -2.39. The molecule has 1 atom stereocenters. The average molecular weight is 346 g/mol. The van der Waals surface area contributed by atoms with E-state index in [1.165, 1.54) is 12.3 Å². The van der Waals surface area contributed by atoms with E-state index in [9.17, 15) is 30.2 Å². The fraction of sp³-hybridized carbons (Fsp3) is 0.267. The van der Waals surface area contributed by atoms with E-state index in [2.05, 4.69) is 0 Å². The van der Waals surface area contributed by atoms with Gasteiger partial charge in [-0.1, -0.05) is 0 Å². The van der Waals surface area contributed by atoms with E-state index in [0.717, 1.165) is 24.6 Å². The number of amides is 1. The second-order valence-electron chi connectivity index (χ2n) is 5.76. The number of nitrogens with zero attached hydrogens (tertiary/aromatic N) is 4. The molecule has 2 aliphatic rings. The maximum atomic E-state index is 13.0. The molecule has 25 heavy (non-hydrogen) atoms. The predicted octanol–water partition coefficient (Wildman–Crippen LogP) is 2.34. The number of carbonyl (C=O) groups excluding carboxylic acids is 1. The van der Waals surface area contributed by atoms with E-state index < -0.39 is 25.9 Å². The van der Waals surface area contributed by atoms with Gasteiger partial charge in [-0.3, -0.25) is 29.7 Å². The average Bonchev–Trinajstić information content (AvgIpc) is 3.01. The van der Waals surface area contributed by atoms with Crippen LogP contribution in [0.3, 0.4) is 0 Å². The number of nitro groups is 2. The van der Waals surface area contributed by atoms with Crippen LogP contribution in [0.5, 0.6) is 0 Å². The van der Waals surface area contributed by atoms with Gasteiger partial charge in [0.05, 0.1) is 15.5 Å². The Bertz CT molecular complexity index is 833. The molecule has 3 rings (SSSR count). The highest BCUT2D eigenvalue weighted by atomic mass is 16.6. The van der Waals surface area contributed by atoms with Crippen LogP contribution in [-0.2, 0) is 4.79 Å². The van der Waals surface area contributed by atoms with Crippen LogP contribution in [0.2, 0.25) is 0 Å². The first-order valence-electron chi connectivity index (χ1n) is 7.54. The van der Waals surface area contributed by atoms with E-state index in [1.807, 2.05) is 0 Å². The number of likely N-dealkylation sites (tertiary alicyclic amines) is 1. The minimum absolute atomic E-state index is 0.0249. The van der Waals surface area contributed by atoms with Gasteiger partial charge in [-0.05, 0) is 12.5 Å². The molecular formula is C15H14N4O6. The third-order valence-corrected chi connectivity index (χ3v) is 4.22. The maximum Gasteiger partial charge on any atom is 0.336 e. The third-order valence-electron chi connectivity index (χ3n) is 4.22. The first-order chi connectivity index (χ1) is 11.8. The van der Waals surface area contributed by atoms with Crippen molar-refractivity contribution in [1.82, 2.24) is 9.55 Å². The Morgan fingerprint density at radius 2 is 1.92 bits per heavy atom. The highest BCUT2D eigenvalue weighted by Gasteiger charge is 2.33. The Hall–Kier alpha value is -3.11. The molecule has 0 aromatic heterocycles. The van der Waals surface area contributed by atoms with Crippen molar-refractivity contribution >= 4 is 23.0 Å². The fourth-order valence-electron chi connectivity index (χ4n) is 2.95. The Labute approximate surface area is 141 Å². The van der Waals surface area contributed by atoms with Crippen LogP contribution in [0.1, 0.15) is 12.8 Å². The van der Waals surface area contributed by atoms with Crippen molar-refractivity contribution in [2.75, 3.05) is 13.1 Å². The molecule has 10 nitrogen and oxygen atoms in total. The Morgan fingerprint density at radius 1 is 1.16 bits per heavy atom. The van der Waals surface area contributed by atoms with Gasteiger partial charge in [0.25, 0.3) is 5.69 Å². The van der Waals surface area contributed by atoms with E-state index in [0.29, 0.717) is 18.7 Å². The maximum absolute atomic E-state index is 13.0. The lowest BCUT2D eigenvalue weighted by Crippen LogP contribution is -2.40. The van der Waals surface area contributed by atoms with E-state index in [-0.39, 0.29) is 18.1 Å². The molecule has 0 radical (unpaired) electrons. The number of carbonyl (C=O) groups is 1. The lowest BCUT2D eigenvalue weighted by molar-refractivity contribution is -0.394. The predicted molar refractivity (Wildman–Crippen MR) is 87.9 cm³/mol. The van der Waals surface area contributed by atoms with Gasteiger partial charge in [0.1, 0.15) is 18.8 Å². The smallest absolute Gasteiger partial charge is 0.336 e. The molecule has 130 valence electrons. The molecule has 1 amide bonds. The second kappa shape index (κ2) is 6.07. The molecule has 1 aromatic carbocycles. The van der Waals surface area contributed by atoms with Crippen LogP contribution < -0.4 is 4.65 Å². The third kappa shape index (κ3) is 2.99. The zero-order valence-corrected chi connectivity index (χ0v) is 13.0. The molecule has 0 aliphatic carbocycles. The molecule has 1 aromatic rings. The van der Waals surface area contributed by atoms with Crippen LogP contribution in [0.15, 0.2) is 42.2 Å². The Kier molecular flexibility index (Phi) is 4.07. The zero-order valence-electron chi connectivity index (χ0n) is 13.0. The summed E-state index contributed by atoms with van der Waals surface area (Å²) in [6, 6.07) is 2.95. The molecule has 2 heterocycles. The van der Waals surface area contributed by atoms with E-state index in [1.54, 1.807) is 11.0 Å². The van der Waals surface area contributed by atoms with Gasteiger partial charge in [-0.2, -0.15) is 0 Å². The summed E-state index contributed by atoms with van der Waals surface area (Å²) in [5.74, 6) is -0.0249. The van der Waals surface area contributed by atoms with E-state index >= 15 is 0 Å². The van der Waals surface area contributed by atoms with Crippen molar-refractivity contribution < 1.29 is 14.6 Å². The number of hydrogen-bond acceptors (Lipinski definition) is 6. The number of quaternary nitrogens is 1. The Morgan fingerprint density at radius 3 is 2.44 bits per heavy atom. The van der Waals surface area contributed by atoms with Gasteiger partial charge < -0.3 is 10.1 Å². The van der Waals surface area contributed by atoms with Crippen LogP contribution in [-0.4, -0.2) is 33.7 Å². The molecular weight excluding hydrogens is 332 g/mol. The summed E-state index contributed by atoms with van der Waals surface area (Å²) in [7, 11) is 0. The summed E-state index contributed by atoms with van der Waals surface area (Å²) in [5.41, 5.74) is -0.670. The largest absolute Gasteiger partial charge is 0.622 e. The number of benzene rings is 1. The lowest BCUT2D eigenvalue weighted by atomic mass is 10.2. The molecule has 0 spiro atoms. The van der Waals surface area contributed by atoms with Crippen molar-refractivity contribution in [3.05, 3.63) is 67.7 Å². The van der Waals surface area contributed by atoms with Gasteiger partial charge >= 0.3 is 5.69 Å². The molecule has 2 aliphatic heterocycles. The summed E-state index contributed by atoms with van der Waals surface area (Å²) in [5, 5.41) is 35.0. The first kappa shape index (κ1) is 16.7. The molecule has 1 saturated heterocycles. The summed E-state index contributed by atoms with van der Waals surface area (Å²) >= 11 is 0. The second-order valence-corrected chi connectivity index (χ2v) is 5.76. The minimum Gasteiger partial charge on any atom is -0.622 e. The number of allylic oxidation sites excluding steroid dienone is 1. The van der Waals surface area contributed by atoms with Gasteiger partial charge in [-0.15, -0.1) is 0 Å². The summed E-state index contributed by atoms with van der Waals surface area (Å²) in [4.78, 5) is 33.8. The summed E-state index contributed by atoms with van der Waals surface area (Å²) < 4.78 is -1.15. The van der Waals surface area contributed by atoms with Crippen molar-refractivity contribution in [3.63, 3.8) is 0 Å². The highest BCUT2D eigenvalue weighted by molar-refractivity contribution is 5.80. The molecule has 0 bridgehead atoms. The molecule has 10 heteroatoms. The quantitative estimate of drug-likeness (QED) is 0.356. The van der Waals surface area contributed by atoms with Crippen molar-refractivity contribution in [1.29, 1.82) is 0 Å². The number of rotatable bonds is 4. The van der Waals surface area contributed by atoms with Gasteiger partial charge in [-0.25, -0.2) is 0 Å². The number of hydroxylamine groups is 2. The molecule has 1 unspecified atom stereocenters. The monoisotopic (exact) mass is 346 g/mol. The first-order valence-corrected chi connectivity index (χ1v) is 7.54. The summed E-state index contributed by atoms with van der Waals surface area (Å²) in [6.45, 7) is 0.430. The van der Waals surface area contributed by atoms with Crippen LogP contribution >= 0.6 is 0 Å². The SMILES string of the molecule is O=C1CCCN1C1=CC[N+]([O-])(c2ccc([N+](=O)[O-])cc2[N+](=O)[O-])C=C1. The van der Waals surface area contributed by atoms with Crippen molar-refractivity contribution in [3.8, 4) is 0 Å². The topological polar surface area (TPSA) is 130 Å². The fourth-order valence-corrected chi connectivity index (χ4v) is 2.95. The number of non-ortho nitro benzene ring substituents is 1. The van der Waals surface area contributed by atoms with Crippen LogP contribution in [0.25, 0.3) is 0 Å². The molecule has 1 fully saturated rings. The van der Waals surface area contributed by atoms with Crippen molar-refractivity contribution in [2.24, 2.45) is 0 Å². The van der Waals surface area contributed by atoms with Gasteiger partial charge in [0.2, 0.25) is 11.6 Å². The van der Waals surface area contributed by atoms with Crippen LogP contribution in [0.4, 0.5) is 17.1 Å². The molecule has 0 saturated carbocycles. The van der Waals surface area contributed by atoms with Gasteiger partial charge in [0, 0.05) is 31.2 Å². The summed E-state index contributed by atoms with van der Waals surface area (Å²) in [6.07, 6.45) is 5.44. The normalized spacial score (nSPS) is 22.8. The van der Waals surface area contributed by atoms with Gasteiger partial charge in [0.15, 0.2) is 0 Å². The Balaban J connectivity index is 1.93. The van der Waals surface area contributed by atoms with Crippen LogP contribution in [0, 0.1) is 25.4 Å². The van der Waals surface area contributed by atoms with Crippen molar-refractivity contribution in [2.45, 2.75) is 12.8 Å². The number of hydrogen-bond donors (Lipinski definition) is 0. The van der Waals surface area contributed by atoms with E-state index in [4.69, 9.17) is 0 Å². The number of nitro benzene ring substituents is 2. The molecule has 0 N–H and O–H groups in total. The highest BCUT2D eigenvalue weighted by Crippen LogP contribution is 2.38.